The number of amides is 2. The number of carbonyl (C=O) groups excluding carboxylic acids is 2. The molecule has 4 N–H and O–H groups in total. The lowest BCUT2D eigenvalue weighted by molar-refractivity contribution is -0.133. The number of carbonyl (C=O) groups is 2. The number of fused-ring (bicyclic) bond motifs is 2. The van der Waals surface area contributed by atoms with Gasteiger partial charge in [-0.25, -0.2) is 23.7 Å². The van der Waals surface area contributed by atoms with E-state index in [9.17, 15) is 19.5 Å². The highest BCUT2D eigenvalue weighted by Gasteiger charge is 2.54. The fourth-order valence-corrected chi connectivity index (χ4v) is 10.1. The quantitative estimate of drug-likeness (QED) is 0.108. The molecule has 3 aliphatic heterocycles. The smallest absolute Gasteiger partial charge is 0.278 e. The van der Waals surface area contributed by atoms with Gasteiger partial charge in [0.05, 0.1) is 17.9 Å². The number of hydrogen-bond acceptors (Lipinski definition) is 12. The summed E-state index contributed by atoms with van der Waals surface area (Å²) in [6, 6.07) is 17.1. The molecule has 2 aliphatic carbocycles. The average Bonchev–Trinajstić information content (AvgIpc) is 3.71. The van der Waals surface area contributed by atoms with Gasteiger partial charge in [-0.05, 0) is 92.6 Å². The lowest BCUT2D eigenvalue weighted by Gasteiger charge is -2.62. The van der Waals surface area contributed by atoms with Gasteiger partial charge >= 0.3 is 0 Å². The number of anilines is 5. The number of aliphatic hydroxyl groups is 1. The molecule has 4 fully saturated rings. The van der Waals surface area contributed by atoms with Crippen LogP contribution < -0.4 is 31.3 Å². The molecule has 2 atom stereocenters. The van der Waals surface area contributed by atoms with E-state index >= 15 is 4.39 Å². The first kappa shape index (κ1) is 39.0. The molecule has 6 heterocycles. The Morgan fingerprint density at radius 1 is 0.967 bits per heavy atom. The van der Waals surface area contributed by atoms with E-state index in [1.54, 1.807) is 33.8 Å². The first-order valence-electron chi connectivity index (χ1n) is 21.4. The molecule has 1 spiro atoms. The maximum Gasteiger partial charge on any atom is 0.278 e. The van der Waals surface area contributed by atoms with Crippen LogP contribution in [0.2, 0.25) is 0 Å². The largest absolute Gasteiger partial charge is 0.384 e. The van der Waals surface area contributed by atoms with E-state index in [-0.39, 0.29) is 41.6 Å². The molecule has 10 rings (SSSR count). The van der Waals surface area contributed by atoms with Crippen LogP contribution >= 0.6 is 0 Å². The van der Waals surface area contributed by atoms with E-state index < -0.39 is 11.6 Å². The zero-order valence-electron chi connectivity index (χ0n) is 34.2. The van der Waals surface area contributed by atoms with Crippen LogP contribution in [0.15, 0.2) is 78.2 Å². The van der Waals surface area contributed by atoms with E-state index in [2.05, 4.69) is 54.3 Å². The number of aryl methyl sites for hydroxylation is 1. The van der Waals surface area contributed by atoms with Gasteiger partial charge in [0.25, 0.3) is 5.56 Å². The second kappa shape index (κ2) is 15.1. The number of halogens is 1. The fraction of sp³-hybridized carbons (Fsp3) is 0.422. The van der Waals surface area contributed by atoms with Gasteiger partial charge in [0.15, 0.2) is 11.5 Å². The maximum absolute atomic E-state index is 15.2. The molecule has 61 heavy (non-hydrogen) atoms. The average molecular weight is 828 g/mol. The van der Waals surface area contributed by atoms with Crippen LogP contribution in [0.1, 0.15) is 56.7 Å². The summed E-state index contributed by atoms with van der Waals surface area (Å²) >= 11 is 0. The zero-order valence-corrected chi connectivity index (χ0v) is 34.2. The summed E-state index contributed by atoms with van der Waals surface area (Å²) in [4.78, 5) is 58.4. The Morgan fingerprint density at radius 3 is 2.46 bits per heavy atom. The van der Waals surface area contributed by atoms with Crippen molar-refractivity contribution in [1.29, 1.82) is 0 Å². The monoisotopic (exact) mass is 827 g/mol. The van der Waals surface area contributed by atoms with Gasteiger partial charge in [0.1, 0.15) is 22.8 Å². The number of rotatable bonds is 11. The van der Waals surface area contributed by atoms with Crippen molar-refractivity contribution in [3.05, 3.63) is 101 Å². The Balaban J connectivity index is 0.737. The second-order valence-electron chi connectivity index (χ2n) is 17.4. The maximum atomic E-state index is 15.2. The lowest BCUT2D eigenvalue weighted by Crippen LogP contribution is -2.68. The Hall–Kier alpha value is -6.13. The van der Waals surface area contributed by atoms with E-state index in [1.807, 2.05) is 31.2 Å². The second-order valence-corrected chi connectivity index (χ2v) is 17.4. The van der Waals surface area contributed by atoms with Gasteiger partial charge in [0, 0.05) is 80.4 Å². The van der Waals surface area contributed by atoms with E-state index in [4.69, 9.17) is 9.97 Å². The lowest BCUT2D eigenvalue weighted by atomic mass is 9.60. The first-order valence-corrected chi connectivity index (χ1v) is 21.4. The number of nitrogens with zero attached hydrogens (tertiary/aromatic N) is 8. The predicted molar refractivity (Wildman–Crippen MR) is 231 cm³/mol. The minimum atomic E-state index is -0.998. The van der Waals surface area contributed by atoms with Gasteiger partial charge in [-0.15, -0.1) is 6.58 Å². The summed E-state index contributed by atoms with van der Waals surface area (Å²) in [7, 11) is 0. The highest BCUT2D eigenvalue weighted by Crippen LogP contribution is 2.52. The van der Waals surface area contributed by atoms with Crippen molar-refractivity contribution < 1.29 is 19.1 Å². The highest BCUT2D eigenvalue weighted by molar-refractivity contribution is 6.01. The number of pyridine rings is 1. The minimum Gasteiger partial charge on any atom is -0.384 e. The van der Waals surface area contributed by atoms with Gasteiger partial charge in [0.2, 0.25) is 17.8 Å². The van der Waals surface area contributed by atoms with Gasteiger partial charge in [-0.1, -0.05) is 19.1 Å². The number of piperidine rings is 1. The summed E-state index contributed by atoms with van der Waals surface area (Å²) in [6.07, 6.45) is 8.03. The molecule has 316 valence electrons. The summed E-state index contributed by atoms with van der Waals surface area (Å²) in [5.41, 5.74) is 4.17. The van der Waals surface area contributed by atoms with Crippen LogP contribution in [-0.2, 0) is 28.2 Å². The summed E-state index contributed by atoms with van der Waals surface area (Å²) in [5.74, 6) is -0.111. The number of nitrogens with one attached hydrogen (secondary N) is 3. The van der Waals surface area contributed by atoms with Crippen molar-refractivity contribution >= 4 is 51.5 Å². The third-order valence-corrected chi connectivity index (χ3v) is 13.6. The first-order chi connectivity index (χ1) is 29.5. The van der Waals surface area contributed by atoms with Crippen molar-refractivity contribution in [2.75, 3.05) is 59.7 Å². The molecule has 0 bridgehead atoms. The molecule has 15 nitrogen and oxygen atoms in total. The standard InChI is InChI=1S/C45H50FN11O4/c1-3-17-56-42(60)33-25-47-43(52-40(33)57(56)37-13-5-28-15-16-45(61,4-2)39(28)50-37)49-29-6-9-31(10-7-29)53-18-20-54(21-19-53)32-23-44(24-32)26-55(27-44)36-12-8-30(22-34(36)46)48-35-11-14-38(58)51-41(35)59/h3,5-10,12-13,22,25,32,35,48,61H,1,4,11,14-21,23-24,26-27H2,2H3,(H,47,49,52)(H,51,58,59)/t35?,45-/m1/s1. The van der Waals surface area contributed by atoms with Crippen LogP contribution in [-0.4, -0.2) is 97.5 Å². The molecule has 16 heteroatoms. The molecule has 1 unspecified atom stereocenters. The molecule has 3 saturated heterocycles. The zero-order chi connectivity index (χ0) is 42.0. The van der Waals surface area contributed by atoms with Crippen molar-refractivity contribution in [2.45, 2.75) is 76.1 Å². The van der Waals surface area contributed by atoms with E-state index in [1.165, 1.54) is 6.07 Å². The number of allylic oxidation sites excluding steroid dienone is 1. The SMILES string of the molecule is C=CCn1c(=O)c2cnc(Nc3ccc(N4CCN(C5CC6(C5)CN(c5ccc(NC7CCC(=O)NC7=O)cc5F)C6)CC4)cc3)nc2n1-c1ccc2c(n1)[C@@](O)(CC)CC2. The van der Waals surface area contributed by atoms with Crippen LogP contribution in [0.25, 0.3) is 16.9 Å². The Morgan fingerprint density at radius 2 is 1.74 bits per heavy atom. The third-order valence-electron chi connectivity index (χ3n) is 13.6. The van der Waals surface area contributed by atoms with Gasteiger partial charge in [-0.2, -0.15) is 4.98 Å². The summed E-state index contributed by atoms with van der Waals surface area (Å²) in [5, 5.41) is 20.3. The fourth-order valence-electron chi connectivity index (χ4n) is 10.1. The van der Waals surface area contributed by atoms with Crippen LogP contribution in [0, 0.1) is 11.2 Å². The van der Waals surface area contributed by atoms with E-state index in [0.717, 1.165) is 75.5 Å². The normalized spacial score (nSPS) is 22.5. The van der Waals surface area contributed by atoms with Gasteiger partial charge in [-0.3, -0.25) is 24.6 Å². The Labute approximate surface area is 352 Å². The number of piperazine rings is 1. The highest BCUT2D eigenvalue weighted by atomic mass is 19.1. The molecule has 1 saturated carbocycles. The topological polar surface area (TPSA) is 166 Å². The van der Waals surface area contributed by atoms with Crippen LogP contribution in [0.3, 0.4) is 0 Å². The predicted octanol–water partition coefficient (Wildman–Crippen LogP) is 4.60. The number of imide groups is 1. The van der Waals surface area contributed by atoms with Crippen molar-refractivity contribution in [3.8, 4) is 5.82 Å². The summed E-state index contributed by atoms with van der Waals surface area (Å²) < 4.78 is 18.4. The number of benzene rings is 2. The molecule has 3 aromatic heterocycles. The van der Waals surface area contributed by atoms with E-state index in [0.29, 0.717) is 65.2 Å². The van der Waals surface area contributed by atoms with Crippen molar-refractivity contribution in [1.82, 2.24) is 34.5 Å². The van der Waals surface area contributed by atoms with Crippen LogP contribution in [0.4, 0.5) is 33.1 Å². The Bertz CT molecular complexity index is 2610. The summed E-state index contributed by atoms with van der Waals surface area (Å²) in [6.45, 7) is 11.6. The molecule has 2 aromatic carbocycles. The Kier molecular flexibility index (Phi) is 9.66. The van der Waals surface area contributed by atoms with Crippen molar-refractivity contribution in [3.63, 3.8) is 0 Å². The molecule has 5 aromatic rings. The molecular formula is C45H50FN11O4. The number of hydrogen-bond donors (Lipinski definition) is 4. The molecule has 2 amide bonds. The minimum absolute atomic E-state index is 0.238. The third kappa shape index (κ3) is 7.00. The van der Waals surface area contributed by atoms with Crippen molar-refractivity contribution in [2.24, 2.45) is 5.41 Å². The van der Waals surface area contributed by atoms with Crippen LogP contribution in [0.5, 0.6) is 0 Å². The van der Waals surface area contributed by atoms with Gasteiger partial charge < -0.3 is 25.5 Å². The molecular weight excluding hydrogens is 778 g/mol. The number of aromatic nitrogens is 5. The molecule has 0 radical (unpaired) electrons. The molecule has 5 aliphatic rings.